The van der Waals surface area contributed by atoms with Gasteiger partial charge in [0.05, 0.1) is 0 Å². The Labute approximate surface area is 119 Å². The van der Waals surface area contributed by atoms with E-state index < -0.39 is 18.2 Å². The van der Waals surface area contributed by atoms with E-state index in [1.165, 1.54) is 4.90 Å². The van der Waals surface area contributed by atoms with Crippen molar-refractivity contribution in [2.24, 2.45) is 0 Å². The van der Waals surface area contributed by atoms with Crippen molar-refractivity contribution in [2.45, 2.75) is 31.4 Å². The first-order valence-corrected chi connectivity index (χ1v) is 7.34. The molecule has 2 fully saturated rings. The molecule has 2 unspecified atom stereocenters. The molecule has 7 heteroatoms. The predicted molar refractivity (Wildman–Crippen MR) is 74.5 cm³/mol. The van der Waals surface area contributed by atoms with Crippen molar-refractivity contribution < 1.29 is 14.7 Å². The SMILES string of the molecule is CC1(C)SC2N(C(=O)C2(I)I)C1C(=O)O. The number of alkyl halides is 2. The van der Waals surface area contributed by atoms with Gasteiger partial charge in [0.2, 0.25) is 0 Å². The second kappa shape index (κ2) is 3.37. The Balaban J connectivity index is 2.37. The molecule has 1 amide bonds. The largest absolute Gasteiger partial charge is 0.480 e. The molecule has 2 aliphatic heterocycles. The van der Waals surface area contributed by atoms with Gasteiger partial charge in [0, 0.05) is 4.75 Å². The van der Waals surface area contributed by atoms with Gasteiger partial charge >= 0.3 is 5.97 Å². The summed E-state index contributed by atoms with van der Waals surface area (Å²) in [4.78, 5) is 24.5. The van der Waals surface area contributed by atoms with E-state index >= 15 is 0 Å². The number of carboxylic acid groups (broad SMARTS) is 1. The summed E-state index contributed by atoms with van der Waals surface area (Å²) in [6.07, 6.45) is 0. The van der Waals surface area contributed by atoms with Crippen molar-refractivity contribution in [1.29, 1.82) is 0 Å². The van der Waals surface area contributed by atoms with Crippen LogP contribution in [0.1, 0.15) is 13.8 Å². The molecule has 0 saturated carbocycles. The third kappa shape index (κ3) is 1.52. The molecule has 0 radical (unpaired) electrons. The Bertz CT molecular complexity index is 358. The molecule has 0 aromatic heterocycles. The van der Waals surface area contributed by atoms with Crippen LogP contribution in [0.4, 0.5) is 0 Å². The number of rotatable bonds is 1. The number of aliphatic carboxylic acids is 1. The fraction of sp³-hybridized carbons (Fsp3) is 0.750. The second-order valence-corrected chi connectivity index (χ2v) is 11.4. The molecule has 0 bridgehead atoms. The first-order valence-electron chi connectivity index (χ1n) is 4.31. The van der Waals surface area contributed by atoms with E-state index in [1.54, 1.807) is 11.8 Å². The minimum atomic E-state index is -0.911. The quantitative estimate of drug-likeness (QED) is 0.374. The highest BCUT2D eigenvalue weighted by atomic mass is 127. The maximum absolute atomic E-state index is 11.8. The number of fused-ring (bicyclic) bond motifs is 1. The number of amides is 1. The Kier molecular flexibility index (Phi) is 2.75. The van der Waals surface area contributed by atoms with Crippen LogP contribution in [-0.2, 0) is 9.59 Å². The van der Waals surface area contributed by atoms with Crippen LogP contribution in [0, 0.1) is 0 Å². The summed E-state index contributed by atoms with van der Waals surface area (Å²) >= 11 is 5.78. The zero-order chi connectivity index (χ0) is 11.6. The molecule has 2 heterocycles. The number of β-lactam (4-membered cyclic amide) rings is 1. The number of carboxylic acids is 1. The lowest BCUT2D eigenvalue weighted by Crippen LogP contribution is -2.67. The summed E-state index contributed by atoms with van der Waals surface area (Å²) in [5, 5.41) is 9.14. The third-order valence-electron chi connectivity index (χ3n) is 2.67. The fourth-order valence-corrected chi connectivity index (χ4v) is 5.40. The molecule has 4 nitrogen and oxygen atoms in total. The van der Waals surface area contributed by atoms with Crippen LogP contribution in [0.5, 0.6) is 0 Å². The van der Waals surface area contributed by atoms with Crippen LogP contribution in [0.15, 0.2) is 0 Å². The maximum Gasteiger partial charge on any atom is 0.327 e. The number of halogens is 2. The van der Waals surface area contributed by atoms with Crippen LogP contribution in [0.25, 0.3) is 0 Å². The number of nitrogens with zero attached hydrogens (tertiary/aromatic N) is 1. The van der Waals surface area contributed by atoms with Crippen LogP contribution in [0.2, 0.25) is 0 Å². The van der Waals surface area contributed by atoms with Gasteiger partial charge in [-0.15, -0.1) is 11.8 Å². The molecule has 84 valence electrons. The van der Waals surface area contributed by atoms with E-state index in [-0.39, 0.29) is 11.3 Å². The zero-order valence-corrected chi connectivity index (χ0v) is 13.2. The molecule has 2 rings (SSSR count). The number of hydrogen-bond acceptors (Lipinski definition) is 3. The topological polar surface area (TPSA) is 57.6 Å². The summed E-state index contributed by atoms with van der Waals surface area (Å²) in [5.74, 6) is -0.981. The fourth-order valence-electron chi connectivity index (χ4n) is 1.98. The summed E-state index contributed by atoms with van der Waals surface area (Å²) in [6, 6.07) is -0.697. The molecule has 1 N–H and O–H groups in total. The average molecular weight is 453 g/mol. The third-order valence-corrected chi connectivity index (χ3v) is 7.25. The monoisotopic (exact) mass is 453 g/mol. The van der Waals surface area contributed by atoms with E-state index in [4.69, 9.17) is 5.11 Å². The standard InChI is InChI=1S/C8H9I2NO3S/c1-7(2)3(4(12)13)11-5(14)8(9,10)6(11)15-7/h3,6H,1-2H3,(H,12,13). The molecule has 0 aromatic carbocycles. The molecule has 2 aliphatic rings. The highest BCUT2D eigenvalue weighted by Crippen LogP contribution is 2.60. The number of carbonyl (C=O) groups is 2. The van der Waals surface area contributed by atoms with Crippen molar-refractivity contribution in [3.63, 3.8) is 0 Å². The summed E-state index contributed by atoms with van der Waals surface area (Å²) in [6.45, 7) is 3.76. The van der Waals surface area contributed by atoms with Gasteiger partial charge in [0.15, 0.2) is 1.43 Å². The predicted octanol–water partition coefficient (Wildman–Crippen LogP) is 1.70. The van der Waals surface area contributed by atoms with E-state index in [2.05, 4.69) is 45.2 Å². The Morgan fingerprint density at radius 3 is 2.53 bits per heavy atom. The molecule has 0 spiro atoms. The van der Waals surface area contributed by atoms with Crippen LogP contribution < -0.4 is 0 Å². The molecule has 15 heavy (non-hydrogen) atoms. The molecular formula is C8H9I2NO3S. The van der Waals surface area contributed by atoms with Crippen molar-refractivity contribution in [1.82, 2.24) is 4.90 Å². The summed E-state index contributed by atoms with van der Waals surface area (Å²) < 4.78 is -0.883. The Morgan fingerprint density at radius 1 is 1.53 bits per heavy atom. The van der Waals surface area contributed by atoms with Crippen molar-refractivity contribution in [3.8, 4) is 0 Å². The van der Waals surface area contributed by atoms with Crippen LogP contribution in [0.3, 0.4) is 0 Å². The van der Waals surface area contributed by atoms with Gasteiger partial charge in [-0.2, -0.15) is 0 Å². The zero-order valence-electron chi connectivity index (χ0n) is 8.03. The van der Waals surface area contributed by atoms with Crippen LogP contribution in [-0.4, -0.2) is 39.5 Å². The Hall–Kier alpha value is 0.750. The Morgan fingerprint density at radius 2 is 2.07 bits per heavy atom. The maximum atomic E-state index is 11.8. The molecule has 0 aliphatic carbocycles. The number of thioether (sulfide) groups is 1. The number of hydrogen-bond donors (Lipinski definition) is 1. The van der Waals surface area contributed by atoms with Crippen molar-refractivity contribution >= 4 is 68.8 Å². The lowest BCUT2D eigenvalue weighted by atomic mass is 9.98. The molecule has 2 atom stereocenters. The lowest BCUT2D eigenvalue weighted by Gasteiger charge is -2.46. The minimum Gasteiger partial charge on any atom is -0.480 e. The van der Waals surface area contributed by atoms with Gasteiger partial charge in [-0.05, 0) is 13.8 Å². The second-order valence-electron chi connectivity index (χ2n) is 4.15. The molecular weight excluding hydrogens is 444 g/mol. The van der Waals surface area contributed by atoms with Gasteiger partial charge in [0.1, 0.15) is 11.4 Å². The van der Waals surface area contributed by atoms with E-state index in [0.717, 1.165) is 0 Å². The molecule has 0 aromatic rings. The number of carbonyl (C=O) groups excluding carboxylic acids is 1. The van der Waals surface area contributed by atoms with E-state index in [0.29, 0.717) is 0 Å². The van der Waals surface area contributed by atoms with Gasteiger partial charge in [-0.1, -0.05) is 45.2 Å². The lowest BCUT2D eigenvalue weighted by molar-refractivity contribution is -0.156. The van der Waals surface area contributed by atoms with E-state index in [9.17, 15) is 9.59 Å². The van der Waals surface area contributed by atoms with Crippen LogP contribution >= 0.6 is 56.9 Å². The first kappa shape index (κ1) is 12.2. The van der Waals surface area contributed by atoms with Gasteiger partial charge < -0.3 is 10.0 Å². The normalized spacial score (nSPS) is 36.0. The van der Waals surface area contributed by atoms with Crippen molar-refractivity contribution in [3.05, 3.63) is 0 Å². The average Bonchev–Trinajstić information content (AvgIpc) is 2.35. The summed E-state index contributed by atoms with van der Waals surface area (Å²) in [7, 11) is 0. The van der Waals surface area contributed by atoms with Gasteiger partial charge in [-0.25, -0.2) is 4.79 Å². The van der Waals surface area contributed by atoms with Gasteiger partial charge in [-0.3, -0.25) is 4.79 Å². The molecule has 2 saturated heterocycles. The first-order chi connectivity index (χ1) is 6.69. The minimum absolute atomic E-state index is 0.0118. The smallest absolute Gasteiger partial charge is 0.327 e. The van der Waals surface area contributed by atoms with Crippen molar-refractivity contribution in [2.75, 3.05) is 0 Å². The highest BCUT2D eigenvalue weighted by Gasteiger charge is 2.69. The highest BCUT2D eigenvalue weighted by molar-refractivity contribution is 14.2. The van der Waals surface area contributed by atoms with E-state index in [1.807, 2.05) is 13.8 Å². The summed E-state index contributed by atoms with van der Waals surface area (Å²) in [5.41, 5.74) is 0. The van der Waals surface area contributed by atoms with Gasteiger partial charge in [0.25, 0.3) is 5.91 Å².